The summed E-state index contributed by atoms with van der Waals surface area (Å²) in [6.45, 7) is 7.72. The maximum absolute atomic E-state index is 5.34. The molecule has 1 N–H and O–H groups in total. The number of benzene rings is 1. The molecule has 0 amide bonds. The molecule has 0 bridgehead atoms. The highest BCUT2D eigenvalue weighted by atomic mass is 16.5. The third-order valence-electron chi connectivity index (χ3n) is 4.01. The smallest absolute Gasteiger partial charge is 0.0657 e. The molecule has 3 nitrogen and oxygen atoms in total. The number of likely N-dealkylation sites (tertiary alicyclic amines) is 1. The minimum absolute atomic E-state index is 0.307. The quantitative estimate of drug-likeness (QED) is 0.816. The van der Waals surface area contributed by atoms with Crippen molar-refractivity contribution in [3.63, 3.8) is 0 Å². The monoisotopic (exact) mass is 262 g/mol. The Morgan fingerprint density at radius 2 is 2.16 bits per heavy atom. The number of methoxy groups -OCH3 is 1. The van der Waals surface area contributed by atoms with Crippen molar-refractivity contribution in [3.05, 3.63) is 35.9 Å². The van der Waals surface area contributed by atoms with Gasteiger partial charge in [0, 0.05) is 13.7 Å². The number of nitrogens with one attached hydrogen (secondary N) is 1. The molecule has 106 valence electrons. The van der Waals surface area contributed by atoms with Crippen molar-refractivity contribution < 1.29 is 4.74 Å². The van der Waals surface area contributed by atoms with E-state index in [2.05, 4.69) is 47.5 Å². The number of ether oxygens (including phenoxy) is 1. The molecule has 0 aromatic heterocycles. The Bertz CT molecular complexity index is 355. The van der Waals surface area contributed by atoms with E-state index in [-0.39, 0.29) is 0 Å². The molecule has 0 radical (unpaired) electrons. The Hall–Kier alpha value is -0.900. The summed E-state index contributed by atoms with van der Waals surface area (Å²) in [7, 11) is 1.77. The highest BCUT2D eigenvalue weighted by molar-refractivity contribution is 5.18. The van der Waals surface area contributed by atoms with Gasteiger partial charge in [0.15, 0.2) is 0 Å². The van der Waals surface area contributed by atoms with Gasteiger partial charge in [0.25, 0.3) is 0 Å². The summed E-state index contributed by atoms with van der Waals surface area (Å²) in [5.74, 6) is 0.781. The number of hydrogen-bond acceptors (Lipinski definition) is 3. The molecule has 0 aliphatic carbocycles. The van der Waals surface area contributed by atoms with Gasteiger partial charge < -0.3 is 15.0 Å². The zero-order chi connectivity index (χ0) is 13.5. The minimum atomic E-state index is 0.307. The van der Waals surface area contributed by atoms with E-state index in [0.717, 1.165) is 19.1 Å². The summed E-state index contributed by atoms with van der Waals surface area (Å²) in [5.41, 5.74) is 1.31. The van der Waals surface area contributed by atoms with Gasteiger partial charge in [0.1, 0.15) is 0 Å². The van der Waals surface area contributed by atoms with Crippen molar-refractivity contribution in [2.75, 3.05) is 39.9 Å². The second-order valence-electron chi connectivity index (χ2n) is 5.37. The maximum Gasteiger partial charge on any atom is 0.0657 e. The lowest BCUT2D eigenvalue weighted by molar-refractivity contribution is 0.164. The molecule has 0 saturated carbocycles. The van der Waals surface area contributed by atoms with Gasteiger partial charge in [-0.25, -0.2) is 0 Å². The molecule has 1 aliphatic heterocycles. The second-order valence-corrected chi connectivity index (χ2v) is 5.37. The van der Waals surface area contributed by atoms with E-state index in [1.165, 1.54) is 31.6 Å². The van der Waals surface area contributed by atoms with E-state index in [4.69, 9.17) is 4.74 Å². The molecule has 1 aliphatic rings. The molecular formula is C16H26N2O. The first-order valence-electron chi connectivity index (χ1n) is 7.33. The van der Waals surface area contributed by atoms with Gasteiger partial charge in [-0.2, -0.15) is 0 Å². The first-order chi connectivity index (χ1) is 9.33. The van der Waals surface area contributed by atoms with Gasteiger partial charge in [-0.1, -0.05) is 37.3 Å². The average Bonchev–Trinajstić information content (AvgIpc) is 2.92. The Labute approximate surface area is 116 Å². The molecule has 0 spiro atoms. The third kappa shape index (κ3) is 4.30. The van der Waals surface area contributed by atoms with Crippen LogP contribution in [-0.2, 0) is 4.74 Å². The van der Waals surface area contributed by atoms with Crippen LogP contribution >= 0.6 is 0 Å². The predicted octanol–water partition coefficient (Wildman–Crippen LogP) is 2.31. The minimum Gasteiger partial charge on any atom is -0.383 e. The largest absolute Gasteiger partial charge is 0.383 e. The van der Waals surface area contributed by atoms with Crippen molar-refractivity contribution in [2.24, 2.45) is 5.92 Å². The molecule has 1 heterocycles. The van der Waals surface area contributed by atoms with E-state index in [1.807, 2.05) is 0 Å². The fraction of sp³-hybridized carbons (Fsp3) is 0.625. The molecule has 19 heavy (non-hydrogen) atoms. The molecular weight excluding hydrogens is 236 g/mol. The van der Waals surface area contributed by atoms with E-state index >= 15 is 0 Å². The highest BCUT2D eigenvalue weighted by Crippen LogP contribution is 2.18. The van der Waals surface area contributed by atoms with Crippen LogP contribution in [0.3, 0.4) is 0 Å². The first-order valence-corrected chi connectivity index (χ1v) is 7.33. The van der Waals surface area contributed by atoms with E-state index in [1.54, 1.807) is 7.11 Å². The van der Waals surface area contributed by atoms with Gasteiger partial charge in [0.2, 0.25) is 0 Å². The normalized spacial score (nSPS) is 21.7. The third-order valence-corrected chi connectivity index (χ3v) is 4.01. The fourth-order valence-corrected chi connectivity index (χ4v) is 2.80. The van der Waals surface area contributed by atoms with Gasteiger partial charge >= 0.3 is 0 Å². The molecule has 2 rings (SSSR count). The standard InChI is InChI=1S/C16H26N2O/c1-3-18-10-9-14(12-18)11-17-16(13-19-2)15-7-5-4-6-8-15/h4-8,14,16-17H,3,9-13H2,1-2H3. The van der Waals surface area contributed by atoms with E-state index < -0.39 is 0 Å². The van der Waals surface area contributed by atoms with Gasteiger partial charge in [0.05, 0.1) is 12.6 Å². The summed E-state index contributed by atoms with van der Waals surface area (Å²) >= 11 is 0. The summed E-state index contributed by atoms with van der Waals surface area (Å²) in [6, 6.07) is 10.9. The maximum atomic E-state index is 5.34. The second kappa shape index (κ2) is 7.63. The van der Waals surface area contributed by atoms with Gasteiger partial charge in [-0.3, -0.25) is 0 Å². The molecule has 3 heteroatoms. The Kier molecular flexibility index (Phi) is 5.83. The Morgan fingerprint density at radius 1 is 1.37 bits per heavy atom. The topological polar surface area (TPSA) is 24.5 Å². The van der Waals surface area contributed by atoms with Crippen molar-refractivity contribution in [3.8, 4) is 0 Å². The lowest BCUT2D eigenvalue weighted by atomic mass is 10.1. The van der Waals surface area contributed by atoms with Crippen molar-refractivity contribution in [1.29, 1.82) is 0 Å². The zero-order valence-corrected chi connectivity index (χ0v) is 12.1. The van der Waals surface area contributed by atoms with Crippen LogP contribution in [0.15, 0.2) is 30.3 Å². The lowest BCUT2D eigenvalue weighted by Gasteiger charge is -2.21. The van der Waals surface area contributed by atoms with Crippen molar-refractivity contribution >= 4 is 0 Å². The van der Waals surface area contributed by atoms with Crippen LogP contribution < -0.4 is 5.32 Å². The number of hydrogen-bond donors (Lipinski definition) is 1. The Morgan fingerprint density at radius 3 is 2.79 bits per heavy atom. The van der Waals surface area contributed by atoms with E-state index in [0.29, 0.717) is 6.04 Å². The van der Waals surface area contributed by atoms with Crippen LogP contribution in [-0.4, -0.2) is 44.8 Å². The first kappa shape index (κ1) is 14.5. The predicted molar refractivity (Wildman–Crippen MR) is 79.3 cm³/mol. The van der Waals surface area contributed by atoms with Crippen LogP contribution in [0.1, 0.15) is 24.9 Å². The summed E-state index contributed by atoms with van der Waals surface area (Å²) in [5, 5.41) is 3.67. The average molecular weight is 262 g/mol. The molecule has 2 atom stereocenters. The van der Waals surface area contributed by atoms with Crippen LogP contribution in [0.2, 0.25) is 0 Å². The zero-order valence-electron chi connectivity index (χ0n) is 12.1. The van der Waals surface area contributed by atoms with E-state index in [9.17, 15) is 0 Å². The van der Waals surface area contributed by atoms with Gasteiger partial charge in [-0.15, -0.1) is 0 Å². The van der Waals surface area contributed by atoms with Crippen LogP contribution in [0.4, 0.5) is 0 Å². The highest BCUT2D eigenvalue weighted by Gasteiger charge is 2.22. The van der Waals surface area contributed by atoms with Crippen LogP contribution in [0.5, 0.6) is 0 Å². The van der Waals surface area contributed by atoms with Crippen molar-refractivity contribution in [2.45, 2.75) is 19.4 Å². The number of nitrogens with zero attached hydrogens (tertiary/aromatic N) is 1. The molecule has 1 aromatic rings. The molecule has 1 saturated heterocycles. The van der Waals surface area contributed by atoms with Crippen LogP contribution in [0, 0.1) is 5.92 Å². The number of rotatable bonds is 7. The van der Waals surface area contributed by atoms with Gasteiger partial charge in [-0.05, 0) is 37.5 Å². The summed E-state index contributed by atoms with van der Waals surface area (Å²) in [6.07, 6.45) is 1.31. The fourth-order valence-electron chi connectivity index (χ4n) is 2.80. The lowest BCUT2D eigenvalue weighted by Crippen LogP contribution is -2.31. The van der Waals surface area contributed by atoms with Crippen molar-refractivity contribution in [1.82, 2.24) is 10.2 Å². The SMILES string of the molecule is CCN1CCC(CNC(COC)c2ccccc2)C1. The molecule has 2 unspecified atom stereocenters. The Balaban J connectivity index is 1.84. The van der Waals surface area contributed by atoms with Crippen LogP contribution in [0.25, 0.3) is 0 Å². The molecule has 1 fully saturated rings. The summed E-state index contributed by atoms with van der Waals surface area (Å²) in [4.78, 5) is 2.53. The molecule has 1 aromatic carbocycles. The summed E-state index contributed by atoms with van der Waals surface area (Å²) < 4.78 is 5.34.